The van der Waals surface area contributed by atoms with Crippen LogP contribution < -0.4 is 0 Å². The van der Waals surface area contributed by atoms with Crippen molar-refractivity contribution in [2.45, 2.75) is 13.8 Å². The molecule has 2 nitrogen and oxygen atoms in total. The SMILES string of the molecule is Cc1cccc(-c2nc3c(Cl)cc(C)cc3[nH]2)c1. The predicted octanol–water partition coefficient (Wildman–Crippen LogP) is 4.50. The van der Waals surface area contributed by atoms with E-state index >= 15 is 0 Å². The quantitative estimate of drug-likeness (QED) is 0.682. The minimum absolute atomic E-state index is 0.695. The molecule has 0 saturated heterocycles. The lowest BCUT2D eigenvalue weighted by atomic mass is 10.1. The number of aromatic amines is 1. The molecule has 0 spiro atoms. The number of benzene rings is 2. The Kier molecular flexibility index (Phi) is 2.60. The Hall–Kier alpha value is -1.80. The molecule has 1 heterocycles. The summed E-state index contributed by atoms with van der Waals surface area (Å²) in [4.78, 5) is 7.90. The molecule has 3 heteroatoms. The van der Waals surface area contributed by atoms with Crippen LogP contribution in [0.25, 0.3) is 22.4 Å². The van der Waals surface area contributed by atoms with E-state index < -0.39 is 0 Å². The Morgan fingerprint density at radius 1 is 1.06 bits per heavy atom. The number of aromatic nitrogens is 2. The van der Waals surface area contributed by atoms with E-state index in [1.807, 2.05) is 25.1 Å². The van der Waals surface area contributed by atoms with Crippen LogP contribution in [0, 0.1) is 13.8 Å². The zero-order chi connectivity index (χ0) is 12.7. The molecule has 1 aromatic heterocycles. The second-order valence-electron chi connectivity index (χ2n) is 4.60. The molecule has 0 saturated carbocycles. The summed E-state index contributed by atoms with van der Waals surface area (Å²) in [6, 6.07) is 12.3. The van der Waals surface area contributed by atoms with Gasteiger partial charge in [-0.15, -0.1) is 0 Å². The van der Waals surface area contributed by atoms with E-state index in [0.29, 0.717) is 5.02 Å². The van der Waals surface area contributed by atoms with Crippen molar-refractivity contribution in [2.24, 2.45) is 0 Å². The zero-order valence-electron chi connectivity index (χ0n) is 10.3. The van der Waals surface area contributed by atoms with Crippen molar-refractivity contribution >= 4 is 22.6 Å². The molecule has 0 fully saturated rings. The van der Waals surface area contributed by atoms with Gasteiger partial charge in [0.2, 0.25) is 0 Å². The van der Waals surface area contributed by atoms with Gasteiger partial charge in [-0.05, 0) is 37.6 Å². The number of halogens is 1. The lowest BCUT2D eigenvalue weighted by molar-refractivity contribution is 1.32. The highest BCUT2D eigenvalue weighted by molar-refractivity contribution is 6.35. The van der Waals surface area contributed by atoms with Gasteiger partial charge in [0.25, 0.3) is 0 Å². The summed E-state index contributed by atoms with van der Waals surface area (Å²) < 4.78 is 0. The largest absolute Gasteiger partial charge is 0.338 e. The molecule has 0 atom stereocenters. The van der Waals surface area contributed by atoms with Gasteiger partial charge in [-0.25, -0.2) is 4.98 Å². The van der Waals surface area contributed by atoms with Crippen molar-refractivity contribution in [2.75, 3.05) is 0 Å². The Bertz CT molecular complexity index is 728. The van der Waals surface area contributed by atoms with E-state index in [2.05, 4.69) is 35.1 Å². The van der Waals surface area contributed by atoms with Gasteiger partial charge in [0.1, 0.15) is 11.3 Å². The summed E-state index contributed by atoms with van der Waals surface area (Å²) in [5.74, 6) is 0.862. The van der Waals surface area contributed by atoms with Crippen LogP contribution in [0.4, 0.5) is 0 Å². The molecule has 90 valence electrons. The molecule has 0 aliphatic heterocycles. The maximum Gasteiger partial charge on any atom is 0.138 e. The monoisotopic (exact) mass is 256 g/mol. The van der Waals surface area contributed by atoms with Crippen LogP contribution in [0.3, 0.4) is 0 Å². The van der Waals surface area contributed by atoms with Gasteiger partial charge in [0.05, 0.1) is 10.5 Å². The maximum atomic E-state index is 6.21. The summed E-state index contributed by atoms with van der Waals surface area (Å²) in [6.07, 6.45) is 0. The summed E-state index contributed by atoms with van der Waals surface area (Å²) in [5.41, 5.74) is 5.25. The topological polar surface area (TPSA) is 28.7 Å². The molecule has 3 rings (SSSR count). The Labute approximate surface area is 111 Å². The molecule has 1 N–H and O–H groups in total. The fraction of sp³-hybridized carbons (Fsp3) is 0.133. The second kappa shape index (κ2) is 4.14. The number of nitrogens with zero attached hydrogens (tertiary/aromatic N) is 1. The first-order valence-corrected chi connectivity index (χ1v) is 6.24. The molecule has 0 aliphatic carbocycles. The van der Waals surface area contributed by atoms with Gasteiger partial charge in [0, 0.05) is 5.56 Å². The average Bonchev–Trinajstić information content (AvgIpc) is 2.73. The lowest BCUT2D eigenvalue weighted by Crippen LogP contribution is -1.80. The number of fused-ring (bicyclic) bond motifs is 1. The Morgan fingerprint density at radius 2 is 1.89 bits per heavy atom. The summed E-state index contributed by atoms with van der Waals surface area (Å²) in [6.45, 7) is 4.10. The first-order chi connectivity index (χ1) is 8.63. The van der Waals surface area contributed by atoms with Crippen LogP contribution in [0.5, 0.6) is 0 Å². The molecule has 2 aromatic carbocycles. The van der Waals surface area contributed by atoms with Gasteiger partial charge in [-0.2, -0.15) is 0 Å². The van der Waals surface area contributed by atoms with E-state index in [1.54, 1.807) is 0 Å². The zero-order valence-corrected chi connectivity index (χ0v) is 11.0. The highest BCUT2D eigenvalue weighted by atomic mass is 35.5. The number of hydrogen-bond donors (Lipinski definition) is 1. The molecule has 0 radical (unpaired) electrons. The van der Waals surface area contributed by atoms with Gasteiger partial charge < -0.3 is 4.98 Å². The predicted molar refractivity (Wildman–Crippen MR) is 76.0 cm³/mol. The van der Waals surface area contributed by atoms with E-state index in [0.717, 1.165) is 28.0 Å². The minimum atomic E-state index is 0.695. The van der Waals surface area contributed by atoms with E-state index in [1.165, 1.54) is 5.56 Å². The highest BCUT2D eigenvalue weighted by Gasteiger charge is 2.08. The standard InChI is InChI=1S/C15H13ClN2/c1-9-4-3-5-11(6-9)15-17-13-8-10(2)7-12(16)14(13)18-15/h3-8H,1-2H3,(H,17,18). The number of rotatable bonds is 1. The second-order valence-corrected chi connectivity index (χ2v) is 5.01. The third-order valence-electron chi connectivity index (χ3n) is 2.98. The fourth-order valence-corrected chi connectivity index (χ4v) is 2.46. The van der Waals surface area contributed by atoms with Crippen LogP contribution in [-0.4, -0.2) is 9.97 Å². The molecular formula is C15H13ClN2. The van der Waals surface area contributed by atoms with Crippen LogP contribution in [-0.2, 0) is 0 Å². The molecule has 18 heavy (non-hydrogen) atoms. The van der Waals surface area contributed by atoms with Crippen molar-refractivity contribution in [1.82, 2.24) is 9.97 Å². The highest BCUT2D eigenvalue weighted by Crippen LogP contribution is 2.27. The normalized spacial score (nSPS) is 11.1. The maximum absolute atomic E-state index is 6.21. The lowest BCUT2D eigenvalue weighted by Gasteiger charge is -1.97. The van der Waals surface area contributed by atoms with Crippen molar-refractivity contribution in [3.8, 4) is 11.4 Å². The van der Waals surface area contributed by atoms with Crippen LogP contribution >= 0.6 is 11.6 Å². The van der Waals surface area contributed by atoms with E-state index in [-0.39, 0.29) is 0 Å². The van der Waals surface area contributed by atoms with Crippen molar-refractivity contribution in [3.05, 3.63) is 52.5 Å². The van der Waals surface area contributed by atoms with Crippen LogP contribution in [0.15, 0.2) is 36.4 Å². The molecular weight excluding hydrogens is 244 g/mol. The first-order valence-electron chi connectivity index (χ1n) is 5.86. The third kappa shape index (κ3) is 1.89. The van der Waals surface area contributed by atoms with Gasteiger partial charge in [-0.3, -0.25) is 0 Å². The Balaban J connectivity index is 2.22. The van der Waals surface area contributed by atoms with Crippen LogP contribution in [0.1, 0.15) is 11.1 Å². The number of hydrogen-bond acceptors (Lipinski definition) is 1. The summed E-state index contributed by atoms with van der Waals surface area (Å²) in [5, 5.41) is 0.695. The summed E-state index contributed by atoms with van der Waals surface area (Å²) >= 11 is 6.21. The molecule has 0 amide bonds. The van der Waals surface area contributed by atoms with Crippen molar-refractivity contribution < 1.29 is 0 Å². The Morgan fingerprint density at radius 3 is 2.67 bits per heavy atom. The number of nitrogens with one attached hydrogen (secondary N) is 1. The van der Waals surface area contributed by atoms with Crippen molar-refractivity contribution in [1.29, 1.82) is 0 Å². The number of imidazole rings is 1. The van der Waals surface area contributed by atoms with E-state index in [4.69, 9.17) is 11.6 Å². The minimum Gasteiger partial charge on any atom is -0.338 e. The molecule has 3 aromatic rings. The van der Waals surface area contributed by atoms with Crippen molar-refractivity contribution in [3.63, 3.8) is 0 Å². The molecule has 0 aliphatic rings. The third-order valence-corrected chi connectivity index (χ3v) is 3.26. The van der Waals surface area contributed by atoms with Crippen LogP contribution in [0.2, 0.25) is 5.02 Å². The smallest absolute Gasteiger partial charge is 0.138 e. The first kappa shape index (κ1) is 11.3. The number of H-pyrrole nitrogens is 1. The fourth-order valence-electron chi connectivity index (χ4n) is 2.14. The molecule has 0 unspecified atom stereocenters. The van der Waals surface area contributed by atoms with E-state index in [9.17, 15) is 0 Å². The average molecular weight is 257 g/mol. The number of aryl methyl sites for hydroxylation is 2. The van der Waals surface area contributed by atoms with Gasteiger partial charge >= 0.3 is 0 Å². The molecule has 0 bridgehead atoms. The van der Waals surface area contributed by atoms with Gasteiger partial charge in [-0.1, -0.05) is 35.4 Å². The summed E-state index contributed by atoms with van der Waals surface area (Å²) in [7, 11) is 0. The van der Waals surface area contributed by atoms with Gasteiger partial charge in [0.15, 0.2) is 0 Å².